The van der Waals surface area contributed by atoms with Crippen molar-refractivity contribution < 1.29 is 0 Å². The molecule has 0 saturated heterocycles. The summed E-state index contributed by atoms with van der Waals surface area (Å²) in [5.74, 6) is 2.44. The summed E-state index contributed by atoms with van der Waals surface area (Å²) >= 11 is 0. The molecule has 0 saturated carbocycles. The maximum Gasteiger partial charge on any atom is 0.130 e. The van der Waals surface area contributed by atoms with Gasteiger partial charge in [0.2, 0.25) is 0 Å². The van der Waals surface area contributed by atoms with Crippen LogP contribution in [0.4, 0.5) is 45.9 Å². The van der Waals surface area contributed by atoms with Crippen LogP contribution < -0.4 is 26.6 Å². The van der Waals surface area contributed by atoms with E-state index in [0.717, 1.165) is 71.8 Å². The zero-order chi connectivity index (χ0) is 32.2. The minimum Gasteiger partial charge on any atom is -0.383 e. The molecule has 3 heterocycles. The van der Waals surface area contributed by atoms with Gasteiger partial charge in [0.15, 0.2) is 0 Å². The van der Waals surface area contributed by atoms with Gasteiger partial charge in [-0.2, -0.15) is 0 Å². The molecule has 8 heteroatoms. The van der Waals surface area contributed by atoms with Crippen molar-refractivity contribution in [3.8, 4) is 0 Å². The van der Waals surface area contributed by atoms with E-state index in [1.165, 1.54) is 5.56 Å². The van der Waals surface area contributed by atoms with Crippen molar-refractivity contribution in [1.29, 1.82) is 0 Å². The molecule has 8 nitrogen and oxygen atoms in total. The van der Waals surface area contributed by atoms with E-state index in [0.29, 0.717) is 0 Å². The van der Waals surface area contributed by atoms with Gasteiger partial charge in [0.25, 0.3) is 0 Å². The molecule has 0 atom stereocenters. The van der Waals surface area contributed by atoms with Gasteiger partial charge >= 0.3 is 0 Å². The minimum absolute atomic E-state index is 0.145. The first-order chi connectivity index (χ1) is 23.1. The van der Waals surface area contributed by atoms with Crippen molar-refractivity contribution in [3.05, 3.63) is 152 Å². The molecule has 0 radical (unpaired) electrons. The molecule has 0 aliphatic rings. The normalized spacial score (nSPS) is 11.0. The number of aryl methyl sites for hydroxylation is 1. The maximum absolute atomic E-state index is 4.47. The van der Waals surface area contributed by atoms with Crippen LogP contribution in [0.5, 0.6) is 0 Å². The first kappa shape index (κ1) is 31.1. The van der Waals surface area contributed by atoms with Gasteiger partial charge in [0.05, 0.1) is 22.7 Å². The minimum atomic E-state index is -0.145. The van der Waals surface area contributed by atoms with E-state index in [9.17, 15) is 0 Å². The Morgan fingerprint density at radius 3 is 1.28 bits per heavy atom. The first-order valence-electron chi connectivity index (χ1n) is 15.9. The number of rotatable bonds is 15. The average molecular weight is 621 g/mol. The van der Waals surface area contributed by atoms with Gasteiger partial charge in [-0.25, -0.2) is 15.0 Å². The second kappa shape index (κ2) is 15.4. The highest BCUT2D eigenvalue weighted by molar-refractivity contribution is 5.74. The van der Waals surface area contributed by atoms with Crippen molar-refractivity contribution in [2.45, 2.75) is 19.8 Å². The third-order valence-electron chi connectivity index (χ3n) is 8.06. The topological polar surface area (TPSA) is 98.8 Å². The van der Waals surface area contributed by atoms with Gasteiger partial charge in [-0.1, -0.05) is 67.6 Å². The van der Waals surface area contributed by atoms with Crippen molar-refractivity contribution in [3.63, 3.8) is 0 Å². The van der Waals surface area contributed by atoms with Crippen molar-refractivity contribution in [2.75, 3.05) is 39.7 Å². The molecule has 0 fully saturated rings. The molecule has 0 spiro atoms. The first-order valence-corrected chi connectivity index (χ1v) is 15.9. The van der Waals surface area contributed by atoms with Gasteiger partial charge in [-0.15, -0.1) is 0 Å². The lowest BCUT2D eigenvalue weighted by atomic mass is 9.83. The van der Waals surface area contributed by atoms with Gasteiger partial charge in [-0.3, -0.25) is 0 Å². The number of aromatic nitrogens is 3. The fraction of sp³-hybridized carbons (Fsp3) is 0.154. The van der Waals surface area contributed by atoms with Crippen LogP contribution >= 0.6 is 0 Å². The molecule has 0 aliphatic carbocycles. The Morgan fingerprint density at radius 1 is 0.447 bits per heavy atom. The highest BCUT2D eigenvalue weighted by Gasteiger charge is 2.26. The molecule has 0 unspecified atom stereocenters. The molecule has 47 heavy (non-hydrogen) atoms. The van der Waals surface area contributed by atoms with Crippen LogP contribution in [0.2, 0.25) is 0 Å². The Kier molecular flexibility index (Phi) is 10.2. The Hall–Kier alpha value is -5.89. The Balaban J connectivity index is 1.22. The van der Waals surface area contributed by atoms with Crippen LogP contribution in [0, 0.1) is 5.41 Å². The van der Waals surface area contributed by atoms with E-state index >= 15 is 0 Å². The van der Waals surface area contributed by atoms with E-state index in [1.807, 2.05) is 66.7 Å². The molecule has 0 amide bonds. The highest BCUT2D eigenvalue weighted by atomic mass is 15.0. The number of hydrogen-bond acceptors (Lipinski definition) is 8. The summed E-state index contributed by atoms with van der Waals surface area (Å²) < 4.78 is 0. The van der Waals surface area contributed by atoms with Crippen LogP contribution in [0.1, 0.15) is 18.9 Å². The van der Waals surface area contributed by atoms with E-state index in [4.69, 9.17) is 0 Å². The second-order valence-electron chi connectivity index (χ2n) is 11.8. The third-order valence-corrected chi connectivity index (χ3v) is 8.06. The largest absolute Gasteiger partial charge is 0.383 e. The third kappa shape index (κ3) is 8.85. The molecule has 0 bridgehead atoms. The fourth-order valence-corrected chi connectivity index (χ4v) is 5.37. The van der Waals surface area contributed by atoms with E-state index in [-0.39, 0.29) is 5.41 Å². The smallest absolute Gasteiger partial charge is 0.130 e. The number of para-hydroxylation sites is 5. The summed E-state index contributed by atoms with van der Waals surface area (Å²) in [5, 5.41) is 18.0. The number of anilines is 8. The van der Waals surface area contributed by atoms with Gasteiger partial charge in [0.1, 0.15) is 17.5 Å². The molecule has 3 aromatic heterocycles. The zero-order valence-corrected chi connectivity index (χ0v) is 26.5. The lowest BCUT2D eigenvalue weighted by molar-refractivity contribution is 0.341. The quantitative estimate of drug-likeness (QED) is 0.0775. The predicted molar refractivity (Wildman–Crippen MR) is 195 cm³/mol. The summed E-state index contributed by atoms with van der Waals surface area (Å²) in [6.45, 7) is 3.82. The zero-order valence-electron chi connectivity index (χ0n) is 26.5. The van der Waals surface area contributed by atoms with Crippen LogP contribution in [0.15, 0.2) is 146 Å². The van der Waals surface area contributed by atoms with Crippen LogP contribution in [0.25, 0.3) is 0 Å². The fourth-order valence-electron chi connectivity index (χ4n) is 5.37. The van der Waals surface area contributed by atoms with Crippen molar-refractivity contribution in [1.82, 2.24) is 15.0 Å². The monoisotopic (exact) mass is 620 g/mol. The second-order valence-corrected chi connectivity index (χ2v) is 11.8. The van der Waals surface area contributed by atoms with Crippen molar-refractivity contribution in [2.24, 2.45) is 5.41 Å². The summed E-state index contributed by atoms with van der Waals surface area (Å²) in [5.41, 5.74) is 6.20. The summed E-state index contributed by atoms with van der Waals surface area (Å²) in [6, 6.07) is 42.7. The lowest BCUT2D eigenvalue weighted by Crippen LogP contribution is -2.35. The Labute approximate surface area is 276 Å². The van der Waals surface area contributed by atoms with Gasteiger partial charge in [-0.05, 0) is 85.1 Å². The van der Waals surface area contributed by atoms with Gasteiger partial charge in [0, 0.05) is 42.8 Å². The van der Waals surface area contributed by atoms with E-state index in [1.54, 1.807) is 18.6 Å². The predicted octanol–water partition coefficient (Wildman–Crippen LogP) is 9.27. The maximum atomic E-state index is 4.47. The van der Waals surface area contributed by atoms with Crippen LogP contribution in [-0.2, 0) is 6.42 Å². The van der Waals surface area contributed by atoms with Gasteiger partial charge < -0.3 is 26.6 Å². The Bertz CT molecular complexity index is 1620. The molecule has 5 N–H and O–H groups in total. The SMILES string of the molecule is CC(CCc1ccccc1Nc1ccccn1)(CNc1ccccc1Nc1ccccn1)CNc1ccccc1Nc1ccccn1. The Morgan fingerprint density at radius 2 is 0.830 bits per heavy atom. The molecule has 6 aromatic rings. The number of pyridine rings is 3. The number of benzene rings is 3. The summed E-state index contributed by atoms with van der Waals surface area (Å²) in [4.78, 5) is 13.4. The van der Waals surface area contributed by atoms with Crippen LogP contribution in [0.3, 0.4) is 0 Å². The van der Waals surface area contributed by atoms with E-state index < -0.39 is 0 Å². The molecule has 3 aromatic carbocycles. The standard InChI is InChI=1S/C39H40N8/c1-39(24-23-30-14-2-3-15-31(30)45-36-20-8-11-25-40-36,28-43-32-16-4-6-18-34(32)46-37-21-9-12-26-41-37)29-44-33-17-5-7-19-35(33)47-38-22-10-13-27-42-38/h2-22,25-27,43-44H,23-24,28-29H2,1H3,(H,40,45)(H,41,46)(H,42,47). The van der Waals surface area contributed by atoms with E-state index in [2.05, 4.69) is 109 Å². The molecule has 0 aliphatic heterocycles. The highest BCUT2D eigenvalue weighted by Crippen LogP contribution is 2.32. The average Bonchev–Trinajstić information content (AvgIpc) is 3.12. The summed E-state index contributed by atoms with van der Waals surface area (Å²) in [6.07, 6.45) is 7.21. The van der Waals surface area contributed by atoms with Crippen LogP contribution in [-0.4, -0.2) is 28.0 Å². The number of hydrogen-bond donors (Lipinski definition) is 5. The lowest BCUT2D eigenvalue weighted by Gasteiger charge is -2.32. The number of nitrogens with zero attached hydrogens (tertiary/aromatic N) is 3. The molecular weight excluding hydrogens is 580 g/mol. The molecular formula is C39H40N8. The van der Waals surface area contributed by atoms with Crippen molar-refractivity contribution >= 4 is 45.9 Å². The molecule has 6 rings (SSSR count). The number of nitrogens with one attached hydrogen (secondary N) is 5. The molecule has 236 valence electrons. The summed E-state index contributed by atoms with van der Waals surface area (Å²) in [7, 11) is 0.